The second-order valence-corrected chi connectivity index (χ2v) is 3.55. The Kier molecular flexibility index (Phi) is 15.8. The Hall–Kier alpha value is -0.650. The average Bonchev–Trinajstić information content (AvgIpc) is 2.43. The summed E-state index contributed by atoms with van der Waals surface area (Å²) in [6, 6.07) is 0.210. The van der Waals surface area contributed by atoms with Gasteiger partial charge in [0.25, 0.3) is 0 Å². The fourth-order valence-corrected chi connectivity index (χ4v) is 1.45. The van der Waals surface area contributed by atoms with Crippen molar-refractivity contribution in [3.8, 4) is 0 Å². The number of carbonyl (C=O) groups is 1. The number of ether oxygens (including phenoxy) is 1. The van der Waals surface area contributed by atoms with Crippen molar-refractivity contribution in [2.75, 3.05) is 39.9 Å². The van der Waals surface area contributed by atoms with Gasteiger partial charge in [-0.05, 0) is 7.05 Å². The molecule has 0 aromatic carbocycles. The van der Waals surface area contributed by atoms with Gasteiger partial charge in [-0.2, -0.15) is 0 Å². The number of morpholine rings is 1. The molecule has 3 N–H and O–H groups in total. The lowest BCUT2D eigenvalue weighted by atomic mass is 10.1. The fraction of sp³-hybridized carbons (Fsp3) is 0.923. The molecule has 1 heterocycles. The van der Waals surface area contributed by atoms with Crippen LogP contribution in [-0.4, -0.2) is 56.7 Å². The topological polar surface area (TPSA) is 67.6 Å². The van der Waals surface area contributed by atoms with E-state index < -0.39 is 0 Å². The van der Waals surface area contributed by atoms with Crippen LogP contribution in [0.5, 0.6) is 0 Å². The van der Waals surface area contributed by atoms with E-state index in [2.05, 4.69) is 10.2 Å². The quantitative estimate of drug-likeness (QED) is 0.787. The van der Waals surface area contributed by atoms with Crippen LogP contribution in [0.4, 0.5) is 0 Å². The lowest BCUT2D eigenvalue weighted by Crippen LogP contribution is -2.45. The minimum absolute atomic E-state index is 0.0535. The number of nitrogens with two attached hydrogens (primary N) is 1. The summed E-state index contributed by atoms with van der Waals surface area (Å²) >= 11 is 0. The highest BCUT2D eigenvalue weighted by Crippen LogP contribution is 2.07. The highest BCUT2D eigenvalue weighted by atomic mass is 16.5. The molecule has 0 saturated carbocycles. The van der Waals surface area contributed by atoms with Gasteiger partial charge in [-0.15, -0.1) is 0 Å². The van der Waals surface area contributed by atoms with Crippen molar-refractivity contribution < 1.29 is 9.53 Å². The van der Waals surface area contributed by atoms with Crippen LogP contribution in [0.25, 0.3) is 0 Å². The summed E-state index contributed by atoms with van der Waals surface area (Å²) in [5.74, 6) is 0.0535. The number of rotatable bonds is 4. The van der Waals surface area contributed by atoms with Gasteiger partial charge in [0, 0.05) is 32.1 Å². The molecule has 1 saturated heterocycles. The van der Waals surface area contributed by atoms with Crippen LogP contribution in [0, 0.1) is 0 Å². The number of hydrogen-bond donors (Lipinski definition) is 2. The van der Waals surface area contributed by atoms with E-state index in [1.165, 1.54) is 0 Å². The van der Waals surface area contributed by atoms with E-state index in [-0.39, 0.29) is 11.9 Å². The van der Waals surface area contributed by atoms with Crippen molar-refractivity contribution in [3.63, 3.8) is 0 Å². The van der Waals surface area contributed by atoms with Gasteiger partial charge in [-0.3, -0.25) is 9.69 Å². The third-order valence-electron chi connectivity index (χ3n) is 2.41. The van der Waals surface area contributed by atoms with Gasteiger partial charge in [-0.1, -0.05) is 27.7 Å². The molecule has 1 aliphatic heterocycles. The largest absolute Gasteiger partial charge is 0.378 e. The second-order valence-electron chi connectivity index (χ2n) is 3.55. The molecular weight excluding hydrogens is 230 g/mol. The molecule has 0 bridgehead atoms. The third kappa shape index (κ3) is 9.39. The van der Waals surface area contributed by atoms with Crippen LogP contribution in [0.1, 0.15) is 34.1 Å². The maximum atomic E-state index is 11.4. The molecule has 0 spiro atoms. The Morgan fingerprint density at radius 2 is 2.00 bits per heavy atom. The van der Waals surface area contributed by atoms with Crippen LogP contribution < -0.4 is 11.1 Å². The monoisotopic (exact) mass is 261 g/mol. The second kappa shape index (κ2) is 14.4. The lowest BCUT2D eigenvalue weighted by Gasteiger charge is -2.31. The van der Waals surface area contributed by atoms with Crippen LogP contribution in [0.2, 0.25) is 0 Å². The van der Waals surface area contributed by atoms with E-state index in [1.807, 2.05) is 34.7 Å². The molecule has 1 amide bonds. The van der Waals surface area contributed by atoms with Crippen molar-refractivity contribution in [3.05, 3.63) is 0 Å². The van der Waals surface area contributed by atoms with Crippen LogP contribution >= 0.6 is 0 Å². The number of carbonyl (C=O) groups excluding carboxylic acids is 1. The number of nitrogens with zero attached hydrogens (tertiary/aromatic N) is 1. The van der Waals surface area contributed by atoms with E-state index in [0.29, 0.717) is 26.1 Å². The van der Waals surface area contributed by atoms with E-state index in [9.17, 15) is 4.79 Å². The Balaban J connectivity index is 0. The van der Waals surface area contributed by atoms with E-state index >= 15 is 0 Å². The molecular formula is C13H31N3O2. The summed E-state index contributed by atoms with van der Waals surface area (Å²) in [6.07, 6.45) is 0.497. The standard InChI is InChI=1S/C9H19N3O2.2C2H6/c1-12-4-5-14-7-8(12)6-9(13)11-3-2-10;2*1-2/h8H,2-7,10H2,1H3,(H,11,13);2*1-2H3. The van der Waals surface area contributed by atoms with Crippen molar-refractivity contribution >= 4 is 5.91 Å². The molecule has 110 valence electrons. The molecule has 0 aromatic heterocycles. The third-order valence-corrected chi connectivity index (χ3v) is 2.41. The predicted molar refractivity (Wildman–Crippen MR) is 76.6 cm³/mol. The molecule has 1 atom stereocenters. The molecule has 1 unspecified atom stereocenters. The van der Waals surface area contributed by atoms with Crippen molar-refractivity contribution in [2.24, 2.45) is 5.73 Å². The van der Waals surface area contributed by atoms with E-state index in [1.54, 1.807) is 0 Å². The van der Waals surface area contributed by atoms with Gasteiger partial charge in [0.05, 0.1) is 13.2 Å². The molecule has 18 heavy (non-hydrogen) atoms. The molecule has 1 rings (SSSR count). The van der Waals surface area contributed by atoms with Gasteiger partial charge >= 0.3 is 0 Å². The first kappa shape index (κ1) is 19.7. The number of hydrogen-bond acceptors (Lipinski definition) is 4. The normalized spacial score (nSPS) is 18.9. The molecule has 1 fully saturated rings. The first-order valence-electron chi connectivity index (χ1n) is 6.98. The zero-order valence-electron chi connectivity index (χ0n) is 12.7. The molecule has 1 aliphatic rings. The van der Waals surface area contributed by atoms with Gasteiger partial charge < -0.3 is 15.8 Å². The molecule has 5 heteroatoms. The Morgan fingerprint density at radius 1 is 1.39 bits per heavy atom. The molecule has 5 nitrogen and oxygen atoms in total. The highest BCUT2D eigenvalue weighted by molar-refractivity contribution is 5.76. The Morgan fingerprint density at radius 3 is 2.50 bits per heavy atom. The Labute approximate surface area is 112 Å². The van der Waals surface area contributed by atoms with Gasteiger partial charge in [0.15, 0.2) is 0 Å². The fourth-order valence-electron chi connectivity index (χ4n) is 1.45. The number of nitrogens with one attached hydrogen (secondary N) is 1. The smallest absolute Gasteiger partial charge is 0.221 e. The average molecular weight is 261 g/mol. The van der Waals surface area contributed by atoms with Crippen LogP contribution in [0.3, 0.4) is 0 Å². The zero-order valence-corrected chi connectivity index (χ0v) is 12.7. The summed E-state index contributed by atoms with van der Waals surface area (Å²) in [6.45, 7) is 11.3. The SMILES string of the molecule is CC.CC.CN1CCOCC1CC(=O)NCCN. The molecule has 0 aromatic rings. The van der Waals surface area contributed by atoms with Gasteiger partial charge in [0.2, 0.25) is 5.91 Å². The molecule has 0 aliphatic carbocycles. The van der Waals surface area contributed by atoms with Crippen molar-refractivity contribution in [1.29, 1.82) is 0 Å². The Bertz CT molecular complexity index is 189. The van der Waals surface area contributed by atoms with Crippen molar-refractivity contribution in [1.82, 2.24) is 10.2 Å². The number of amides is 1. The van der Waals surface area contributed by atoms with Crippen LogP contribution in [0.15, 0.2) is 0 Å². The maximum absolute atomic E-state index is 11.4. The van der Waals surface area contributed by atoms with E-state index in [4.69, 9.17) is 10.5 Å². The van der Waals surface area contributed by atoms with Gasteiger partial charge in [0.1, 0.15) is 0 Å². The number of likely N-dealkylation sites (N-methyl/N-ethyl adjacent to an activating group) is 1. The molecule has 0 radical (unpaired) electrons. The minimum atomic E-state index is 0.0535. The first-order valence-corrected chi connectivity index (χ1v) is 6.98. The summed E-state index contributed by atoms with van der Waals surface area (Å²) in [5.41, 5.74) is 5.29. The maximum Gasteiger partial charge on any atom is 0.221 e. The highest BCUT2D eigenvalue weighted by Gasteiger charge is 2.21. The van der Waals surface area contributed by atoms with Gasteiger partial charge in [-0.25, -0.2) is 0 Å². The first-order chi connectivity index (χ1) is 8.74. The summed E-state index contributed by atoms with van der Waals surface area (Å²) in [7, 11) is 2.02. The summed E-state index contributed by atoms with van der Waals surface area (Å²) in [5, 5.41) is 2.75. The van der Waals surface area contributed by atoms with E-state index in [0.717, 1.165) is 13.2 Å². The lowest BCUT2D eigenvalue weighted by molar-refractivity contribution is -0.123. The summed E-state index contributed by atoms with van der Waals surface area (Å²) < 4.78 is 5.31. The zero-order chi connectivity index (χ0) is 14.4. The minimum Gasteiger partial charge on any atom is -0.378 e. The van der Waals surface area contributed by atoms with Crippen LogP contribution in [-0.2, 0) is 9.53 Å². The summed E-state index contributed by atoms with van der Waals surface area (Å²) in [4.78, 5) is 13.5. The predicted octanol–water partition coefficient (Wildman–Crippen LogP) is 0.834. The van der Waals surface area contributed by atoms with Crippen molar-refractivity contribution in [2.45, 2.75) is 40.2 Å².